The van der Waals surface area contributed by atoms with Gasteiger partial charge in [-0.25, -0.2) is 9.67 Å². The van der Waals surface area contributed by atoms with Gasteiger partial charge in [0.15, 0.2) is 5.65 Å². The Kier molecular flexibility index (Phi) is 9.03. The van der Waals surface area contributed by atoms with Crippen LogP contribution in [0.5, 0.6) is 0 Å². The highest BCUT2D eigenvalue weighted by Gasteiger charge is 2.18. The first-order chi connectivity index (χ1) is 16.1. The monoisotopic (exact) mass is 454 g/mol. The van der Waals surface area contributed by atoms with Crippen LogP contribution < -0.4 is 15.5 Å². The second-order valence-electron chi connectivity index (χ2n) is 8.16. The molecule has 9 nitrogen and oxygen atoms in total. The van der Waals surface area contributed by atoms with Crippen LogP contribution in [0.3, 0.4) is 0 Å². The Bertz CT molecular complexity index is 1030. The summed E-state index contributed by atoms with van der Waals surface area (Å²) in [6.45, 7) is 5.85. The number of ether oxygens (including phenoxy) is 1. The Balaban J connectivity index is 0.000000968. The fourth-order valence-electron chi connectivity index (χ4n) is 3.94. The molecule has 3 N–H and O–H groups in total. The number of hydrogen-bond acceptors (Lipinski definition) is 7. The molecular formula is C24H34N6O3. The molecule has 33 heavy (non-hydrogen) atoms. The molecule has 0 spiro atoms. The lowest BCUT2D eigenvalue weighted by Gasteiger charge is -2.26. The van der Waals surface area contributed by atoms with Crippen LogP contribution in [0.1, 0.15) is 30.9 Å². The summed E-state index contributed by atoms with van der Waals surface area (Å²) in [5.41, 5.74) is 5.75. The highest BCUT2D eigenvalue weighted by Crippen LogP contribution is 2.28. The fourth-order valence-corrected chi connectivity index (χ4v) is 3.94. The summed E-state index contributed by atoms with van der Waals surface area (Å²) in [4.78, 5) is 15.2. The molecule has 0 bridgehead atoms. The van der Waals surface area contributed by atoms with Gasteiger partial charge in [0.2, 0.25) is 0 Å². The van der Waals surface area contributed by atoms with E-state index in [0.29, 0.717) is 6.04 Å². The molecule has 0 aliphatic carbocycles. The van der Waals surface area contributed by atoms with Crippen molar-refractivity contribution in [2.45, 2.75) is 45.4 Å². The molecule has 9 heteroatoms. The lowest BCUT2D eigenvalue weighted by molar-refractivity contribution is -0.122. The van der Waals surface area contributed by atoms with Crippen LogP contribution in [0.2, 0.25) is 0 Å². The van der Waals surface area contributed by atoms with Crippen LogP contribution in [0.25, 0.3) is 11.0 Å². The SMILES string of the molecule is CCn1ncc2c(NC3CCOCC3)c(CNCc3cccc(N(C)C)c3)cnc21.O=CO. The first-order valence-corrected chi connectivity index (χ1v) is 11.3. The number of anilines is 2. The first-order valence-electron chi connectivity index (χ1n) is 11.3. The van der Waals surface area contributed by atoms with E-state index in [4.69, 9.17) is 19.6 Å². The van der Waals surface area contributed by atoms with Crippen LogP contribution in [0, 0.1) is 0 Å². The number of hydrogen-bond donors (Lipinski definition) is 3. The van der Waals surface area contributed by atoms with Crippen molar-refractivity contribution in [3.8, 4) is 0 Å². The lowest BCUT2D eigenvalue weighted by atomic mass is 10.1. The molecule has 3 heterocycles. The van der Waals surface area contributed by atoms with Crippen molar-refractivity contribution in [1.29, 1.82) is 0 Å². The molecule has 0 atom stereocenters. The third-order valence-corrected chi connectivity index (χ3v) is 5.69. The molecule has 1 aliphatic rings. The fraction of sp³-hybridized carbons (Fsp3) is 0.458. The molecule has 3 aromatic rings. The predicted octanol–water partition coefficient (Wildman–Crippen LogP) is 3.10. The normalized spacial score (nSPS) is 13.9. The van der Waals surface area contributed by atoms with Gasteiger partial charge in [0.25, 0.3) is 6.47 Å². The van der Waals surface area contributed by atoms with E-state index in [0.717, 1.165) is 62.4 Å². The summed E-state index contributed by atoms with van der Waals surface area (Å²) in [5.74, 6) is 0. The summed E-state index contributed by atoms with van der Waals surface area (Å²) in [5, 5.41) is 19.9. The van der Waals surface area contributed by atoms with Crippen molar-refractivity contribution >= 4 is 28.9 Å². The molecule has 1 saturated heterocycles. The van der Waals surface area contributed by atoms with Crippen LogP contribution in [-0.2, 0) is 29.2 Å². The molecule has 178 valence electrons. The summed E-state index contributed by atoms with van der Waals surface area (Å²) >= 11 is 0. The van der Waals surface area contributed by atoms with E-state index in [1.807, 2.05) is 17.1 Å². The number of carbonyl (C=O) groups is 1. The van der Waals surface area contributed by atoms with E-state index in [2.05, 4.69) is 65.9 Å². The standard InChI is InChI=1S/C23H32N6O.CH2O2/c1-4-29-23-21(16-26-29)22(27-19-8-10-30-11-9-19)18(15-25-23)14-24-13-17-6-5-7-20(12-17)28(2)3;2-1-3/h5-7,12,15-16,19,24H,4,8-11,13-14H2,1-3H3,(H,25,27);1H,(H,2,3). The lowest BCUT2D eigenvalue weighted by Crippen LogP contribution is -2.28. The van der Waals surface area contributed by atoms with Gasteiger partial charge in [0.05, 0.1) is 17.3 Å². The molecular weight excluding hydrogens is 420 g/mol. The summed E-state index contributed by atoms with van der Waals surface area (Å²) in [7, 11) is 4.14. The van der Waals surface area contributed by atoms with Crippen molar-refractivity contribution in [2.75, 3.05) is 37.5 Å². The Hall–Kier alpha value is -3.17. The average Bonchev–Trinajstić information content (AvgIpc) is 3.25. The van der Waals surface area contributed by atoms with Gasteiger partial charge in [-0.15, -0.1) is 0 Å². The minimum atomic E-state index is -0.250. The van der Waals surface area contributed by atoms with E-state index in [1.54, 1.807) is 0 Å². The number of aromatic nitrogens is 3. The molecule has 0 saturated carbocycles. The summed E-state index contributed by atoms with van der Waals surface area (Å²) in [6.07, 6.45) is 5.98. The number of pyridine rings is 1. The largest absolute Gasteiger partial charge is 0.483 e. The van der Waals surface area contributed by atoms with Crippen molar-refractivity contribution in [1.82, 2.24) is 20.1 Å². The molecule has 1 aliphatic heterocycles. The third-order valence-electron chi connectivity index (χ3n) is 5.69. The maximum absolute atomic E-state index is 8.36. The zero-order valence-corrected chi connectivity index (χ0v) is 19.6. The van der Waals surface area contributed by atoms with E-state index in [9.17, 15) is 0 Å². The van der Waals surface area contributed by atoms with Crippen molar-refractivity contribution in [3.05, 3.63) is 47.8 Å². The van der Waals surface area contributed by atoms with Crippen LogP contribution in [-0.4, -0.2) is 59.7 Å². The maximum Gasteiger partial charge on any atom is 0.290 e. The van der Waals surface area contributed by atoms with Crippen LogP contribution in [0.15, 0.2) is 36.7 Å². The number of benzene rings is 1. The number of nitrogens with one attached hydrogen (secondary N) is 2. The van der Waals surface area contributed by atoms with Gasteiger partial charge in [0.1, 0.15) is 0 Å². The number of carboxylic acid groups (broad SMARTS) is 1. The van der Waals surface area contributed by atoms with Gasteiger partial charge in [0, 0.05) is 70.4 Å². The predicted molar refractivity (Wildman–Crippen MR) is 131 cm³/mol. The Morgan fingerprint density at radius 1 is 1.24 bits per heavy atom. The molecule has 0 amide bonds. The average molecular weight is 455 g/mol. The molecule has 2 aromatic heterocycles. The molecule has 1 fully saturated rings. The third kappa shape index (κ3) is 6.43. The zero-order chi connectivity index (χ0) is 23.6. The van der Waals surface area contributed by atoms with Gasteiger partial charge < -0.3 is 25.4 Å². The van der Waals surface area contributed by atoms with E-state index in [-0.39, 0.29) is 6.47 Å². The number of aryl methyl sites for hydroxylation is 1. The Morgan fingerprint density at radius 2 is 2.00 bits per heavy atom. The maximum atomic E-state index is 8.36. The van der Waals surface area contributed by atoms with Gasteiger partial charge in [-0.1, -0.05) is 12.1 Å². The second-order valence-corrected chi connectivity index (χ2v) is 8.16. The topological polar surface area (TPSA) is 105 Å². The number of nitrogens with zero attached hydrogens (tertiary/aromatic N) is 4. The van der Waals surface area contributed by atoms with E-state index < -0.39 is 0 Å². The second kappa shape index (κ2) is 12.2. The van der Waals surface area contributed by atoms with Crippen LogP contribution >= 0.6 is 0 Å². The summed E-state index contributed by atoms with van der Waals surface area (Å²) in [6, 6.07) is 9.04. The zero-order valence-electron chi connectivity index (χ0n) is 19.6. The van der Waals surface area contributed by atoms with E-state index >= 15 is 0 Å². The van der Waals surface area contributed by atoms with Gasteiger partial charge in [-0.05, 0) is 37.5 Å². The van der Waals surface area contributed by atoms with Crippen molar-refractivity contribution in [2.24, 2.45) is 0 Å². The van der Waals surface area contributed by atoms with Gasteiger partial charge in [-0.3, -0.25) is 4.79 Å². The summed E-state index contributed by atoms with van der Waals surface area (Å²) < 4.78 is 7.49. The minimum absolute atomic E-state index is 0.250. The molecule has 4 rings (SSSR count). The van der Waals surface area contributed by atoms with Crippen molar-refractivity contribution in [3.63, 3.8) is 0 Å². The highest BCUT2D eigenvalue weighted by atomic mass is 16.5. The number of rotatable bonds is 8. The van der Waals surface area contributed by atoms with Gasteiger partial charge in [-0.2, -0.15) is 5.10 Å². The molecule has 1 aromatic carbocycles. The smallest absolute Gasteiger partial charge is 0.290 e. The van der Waals surface area contributed by atoms with Gasteiger partial charge >= 0.3 is 0 Å². The Morgan fingerprint density at radius 3 is 2.70 bits per heavy atom. The number of fused-ring (bicyclic) bond motifs is 1. The highest BCUT2D eigenvalue weighted by molar-refractivity contribution is 5.90. The first kappa shape index (κ1) is 24.5. The molecule has 0 unspecified atom stereocenters. The minimum Gasteiger partial charge on any atom is -0.483 e. The van der Waals surface area contributed by atoms with E-state index in [1.165, 1.54) is 16.8 Å². The quantitative estimate of drug-likeness (QED) is 0.446. The van der Waals surface area contributed by atoms with Crippen LogP contribution in [0.4, 0.5) is 11.4 Å². The van der Waals surface area contributed by atoms with Crippen molar-refractivity contribution < 1.29 is 14.6 Å². The Labute approximate surface area is 194 Å². The molecule has 0 radical (unpaired) electrons.